The fourth-order valence-corrected chi connectivity index (χ4v) is 2.17. The molecule has 14 heavy (non-hydrogen) atoms. The minimum Gasteiger partial charge on any atom is -0.391 e. The number of aliphatic hydroxyl groups is 1. The summed E-state index contributed by atoms with van der Waals surface area (Å²) in [5, 5.41) is 9.89. The maximum atomic E-state index is 9.89. The van der Waals surface area contributed by atoms with Gasteiger partial charge in [0.25, 0.3) is 0 Å². The molecule has 1 heterocycles. The van der Waals surface area contributed by atoms with Crippen LogP contribution in [0.15, 0.2) is 0 Å². The third-order valence-electron chi connectivity index (χ3n) is 3.96. The maximum absolute atomic E-state index is 9.89. The van der Waals surface area contributed by atoms with E-state index >= 15 is 0 Å². The second-order valence-electron chi connectivity index (χ2n) is 5.56. The van der Waals surface area contributed by atoms with E-state index in [0.29, 0.717) is 6.04 Å². The summed E-state index contributed by atoms with van der Waals surface area (Å²) in [6.07, 6.45) is 1.06. The molecule has 1 aliphatic heterocycles. The van der Waals surface area contributed by atoms with E-state index in [0.717, 1.165) is 19.0 Å². The van der Waals surface area contributed by atoms with E-state index < -0.39 is 0 Å². The van der Waals surface area contributed by atoms with E-state index in [1.54, 1.807) is 0 Å². The van der Waals surface area contributed by atoms with Gasteiger partial charge in [-0.05, 0) is 12.8 Å². The van der Waals surface area contributed by atoms with Crippen LogP contribution < -0.4 is 0 Å². The van der Waals surface area contributed by atoms with Gasteiger partial charge in [-0.25, -0.2) is 0 Å². The van der Waals surface area contributed by atoms with Gasteiger partial charge < -0.3 is 5.11 Å². The minimum atomic E-state index is -0.158. The molecule has 3 unspecified atom stereocenters. The molecule has 0 aromatic rings. The summed E-state index contributed by atoms with van der Waals surface area (Å²) in [5.41, 5.74) is 0.0712. The third kappa shape index (κ3) is 2.29. The first-order chi connectivity index (χ1) is 6.38. The van der Waals surface area contributed by atoms with Gasteiger partial charge in [-0.1, -0.05) is 34.1 Å². The smallest absolute Gasteiger partial charge is 0.0730 e. The molecular weight excluding hydrogens is 174 g/mol. The molecule has 0 aliphatic carbocycles. The monoisotopic (exact) mass is 199 g/mol. The zero-order chi connectivity index (χ0) is 10.9. The van der Waals surface area contributed by atoms with E-state index in [4.69, 9.17) is 0 Å². The Hall–Kier alpha value is -0.0800. The van der Waals surface area contributed by atoms with Crippen molar-refractivity contribution in [1.82, 2.24) is 4.90 Å². The molecule has 0 amide bonds. The van der Waals surface area contributed by atoms with Crippen molar-refractivity contribution < 1.29 is 5.11 Å². The molecule has 2 nitrogen and oxygen atoms in total. The van der Waals surface area contributed by atoms with Crippen LogP contribution in [0.25, 0.3) is 0 Å². The van der Waals surface area contributed by atoms with Crippen molar-refractivity contribution in [3.05, 3.63) is 0 Å². The van der Waals surface area contributed by atoms with E-state index in [1.165, 1.54) is 6.42 Å². The van der Waals surface area contributed by atoms with Crippen LogP contribution in [0.5, 0.6) is 0 Å². The van der Waals surface area contributed by atoms with Gasteiger partial charge in [0.2, 0.25) is 0 Å². The number of nitrogens with zero attached hydrogens (tertiary/aromatic N) is 1. The topological polar surface area (TPSA) is 23.5 Å². The number of rotatable bonds is 3. The van der Waals surface area contributed by atoms with Crippen LogP contribution in [0.3, 0.4) is 0 Å². The number of β-amino-alcohol motifs (C(OH)–C–C–N with tert-alkyl or cyclic N) is 1. The van der Waals surface area contributed by atoms with Crippen LogP contribution in [0.1, 0.15) is 41.0 Å². The van der Waals surface area contributed by atoms with Crippen molar-refractivity contribution in [2.75, 3.05) is 13.1 Å². The molecule has 2 heteroatoms. The molecule has 1 N–H and O–H groups in total. The maximum Gasteiger partial charge on any atom is 0.0730 e. The molecule has 0 aromatic carbocycles. The predicted octanol–water partition coefficient (Wildman–Crippen LogP) is 2.12. The Kier molecular flexibility index (Phi) is 3.59. The number of hydrogen-bond donors (Lipinski definition) is 1. The van der Waals surface area contributed by atoms with Gasteiger partial charge in [0.1, 0.15) is 0 Å². The van der Waals surface area contributed by atoms with E-state index in [1.807, 2.05) is 0 Å². The molecule has 0 bridgehead atoms. The Balaban J connectivity index is 2.57. The quantitative estimate of drug-likeness (QED) is 0.752. The van der Waals surface area contributed by atoms with Gasteiger partial charge in [0, 0.05) is 24.5 Å². The largest absolute Gasteiger partial charge is 0.391 e. The summed E-state index contributed by atoms with van der Waals surface area (Å²) in [6, 6.07) is 0.594. The highest BCUT2D eigenvalue weighted by atomic mass is 16.3. The van der Waals surface area contributed by atoms with Crippen LogP contribution in [-0.4, -0.2) is 35.2 Å². The number of aliphatic hydroxyl groups excluding tert-OH is 1. The molecule has 1 rings (SSSR count). The van der Waals surface area contributed by atoms with E-state index in [2.05, 4.69) is 39.5 Å². The molecule has 1 aliphatic rings. The van der Waals surface area contributed by atoms with Crippen LogP contribution in [-0.2, 0) is 0 Å². The van der Waals surface area contributed by atoms with Crippen LogP contribution in [0.4, 0.5) is 0 Å². The lowest BCUT2D eigenvalue weighted by Crippen LogP contribution is -2.36. The lowest BCUT2D eigenvalue weighted by Gasteiger charge is -2.29. The molecule has 0 aromatic heterocycles. The molecule has 0 saturated carbocycles. The van der Waals surface area contributed by atoms with Crippen molar-refractivity contribution in [3.63, 3.8) is 0 Å². The number of hydrogen-bond acceptors (Lipinski definition) is 2. The van der Waals surface area contributed by atoms with Crippen molar-refractivity contribution in [1.29, 1.82) is 0 Å². The highest BCUT2D eigenvalue weighted by molar-refractivity contribution is 4.93. The average molecular weight is 199 g/mol. The third-order valence-corrected chi connectivity index (χ3v) is 3.96. The Morgan fingerprint density at radius 1 is 1.43 bits per heavy atom. The summed E-state index contributed by atoms with van der Waals surface area (Å²) < 4.78 is 0. The minimum absolute atomic E-state index is 0.0712. The van der Waals surface area contributed by atoms with Gasteiger partial charge in [-0.3, -0.25) is 4.90 Å². The SMILES string of the molecule is CCC(C)C(C)N1CC(O)C(C)(C)C1. The normalized spacial score (nSPS) is 31.7. The molecule has 3 atom stereocenters. The predicted molar refractivity (Wildman–Crippen MR) is 60.3 cm³/mol. The van der Waals surface area contributed by atoms with Crippen LogP contribution in [0.2, 0.25) is 0 Å². The van der Waals surface area contributed by atoms with Crippen LogP contribution >= 0.6 is 0 Å². The Morgan fingerprint density at radius 3 is 2.36 bits per heavy atom. The Labute approximate surface area is 88.3 Å². The lowest BCUT2D eigenvalue weighted by molar-refractivity contribution is 0.0944. The van der Waals surface area contributed by atoms with Gasteiger partial charge in [0.15, 0.2) is 0 Å². The molecule has 1 fully saturated rings. The summed E-state index contributed by atoms with van der Waals surface area (Å²) >= 11 is 0. The van der Waals surface area contributed by atoms with E-state index in [9.17, 15) is 5.11 Å². The first-order valence-electron chi connectivity index (χ1n) is 5.80. The zero-order valence-electron chi connectivity index (χ0n) is 10.2. The Morgan fingerprint density at radius 2 is 2.00 bits per heavy atom. The summed E-state index contributed by atoms with van der Waals surface area (Å²) in [4.78, 5) is 2.43. The van der Waals surface area contributed by atoms with Crippen molar-refractivity contribution in [3.8, 4) is 0 Å². The van der Waals surface area contributed by atoms with Gasteiger partial charge in [-0.2, -0.15) is 0 Å². The summed E-state index contributed by atoms with van der Waals surface area (Å²) in [7, 11) is 0. The average Bonchev–Trinajstić information content (AvgIpc) is 2.39. The standard InChI is InChI=1S/C12H25NO/c1-6-9(2)10(3)13-7-11(14)12(4,5)8-13/h9-11,14H,6-8H2,1-5H3. The molecule has 0 radical (unpaired) electrons. The second-order valence-corrected chi connectivity index (χ2v) is 5.56. The highest BCUT2D eigenvalue weighted by Crippen LogP contribution is 2.32. The van der Waals surface area contributed by atoms with Crippen molar-refractivity contribution in [2.24, 2.45) is 11.3 Å². The molecule has 1 saturated heterocycles. The fourth-order valence-electron chi connectivity index (χ4n) is 2.17. The number of likely N-dealkylation sites (tertiary alicyclic amines) is 1. The molecular formula is C12H25NO. The van der Waals surface area contributed by atoms with E-state index in [-0.39, 0.29) is 11.5 Å². The Bertz CT molecular complexity index is 191. The first kappa shape index (κ1) is 12.0. The van der Waals surface area contributed by atoms with Crippen molar-refractivity contribution in [2.45, 2.75) is 53.2 Å². The van der Waals surface area contributed by atoms with Crippen LogP contribution in [0, 0.1) is 11.3 Å². The molecule has 84 valence electrons. The first-order valence-corrected chi connectivity index (χ1v) is 5.80. The highest BCUT2D eigenvalue weighted by Gasteiger charge is 2.40. The van der Waals surface area contributed by atoms with Crippen molar-refractivity contribution >= 4 is 0 Å². The molecule has 0 spiro atoms. The van der Waals surface area contributed by atoms with Gasteiger partial charge in [0.05, 0.1) is 6.10 Å². The zero-order valence-corrected chi connectivity index (χ0v) is 10.2. The second kappa shape index (κ2) is 4.19. The van der Waals surface area contributed by atoms with Gasteiger partial charge in [-0.15, -0.1) is 0 Å². The summed E-state index contributed by atoms with van der Waals surface area (Å²) in [5.74, 6) is 0.719. The fraction of sp³-hybridized carbons (Fsp3) is 1.00. The lowest BCUT2D eigenvalue weighted by atomic mass is 9.90. The van der Waals surface area contributed by atoms with Gasteiger partial charge >= 0.3 is 0 Å². The summed E-state index contributed by atoms with van der Waals surface area (Å²) in [6.45, 7) is 13.0.